The molecule has 0 unspecified atom stereocenters. The predicted octanol–water partition coefficient (Wildman–Crippen LogP) is 7.82. The number of ether oxygens (including phenoxy) is 1. The maximum atomic E-state index is 16.1. The minimum Gasteiger partial charge on any atom is -0.490 e. The van der Waals surface area contributed by atoms with Gasteiger partial charge in [0.2, 0.25) is 5.91 Å². The van der Waals surface area contributed by atoms with Crippen molar-refractivity contribution in [2.24, 2.45) is 0 Å². The summed E-state index contributed by atoms with van der Waals surface area (Å²) >= 11 is 1.48. The number of nitrogens with zero attached hydrogens (tertiary/aromatic N) is 4. The molecule has 0 spiro atoms. The van der Waals surface area contributed by atoms with Gasteiger partial charge in [-0.25, -0.2) is 13.8 Å². The van der Waals surface area contributed by atoms with Gasteiger partial charge in [0.15, 0.2) is 0 Å². The predicted molar refractivity (Wildman–Crippen MR) is 179 cm³/mol. The maximum Gasteiger partial charge on any atom is 0.246 e. The minimum absolute atomic E-state index is 0.119. The summed E-state index contributed by atoms with van der Waals surface area (Å²) in [7, 11) is 2.10. The van der Waals surface area contributed by atoms with Crippen LogP contribution in [0.15, 0.2) is 66.7 Å². The van der Waals surface area contributed by atoms with E-state index in [0.717, 1.165) is 75.7 Å². The lowest BCUT2D eigenvalue weighted by Crippen LogP contribution is -2.34. The van der Waals surface area contributed by atoms with E-state index in [0.29, 0.717) is 24.3 Å². The van der Waals surface area contributed by atoms with Crippen molar-refractivity contribution in [2.45, 2.75) is 45.9 Å². The van der Waals surface area contributed by atoms with Gasteiger partial charge in [-0.05, 0) is 73.7 Å². The fourth-order valence-corrected chi connectivity index (χ4v) is 7.49. The molecule has 0 bridgehead atoms. The van der Waals surface area contributed by atoms with Crippen LogP contribution < -0.4 is 4.74 Å². The lowest BCUT2D eigenvalue weighted by Gasteiger charge is -2.28. The average Bonchev–Trinajstić information content (AvgIpc) is 3.53. The standard InChI is InChI=1S/C37H34F2N4O2S/c1-5-32(44)43-12-8-22-6-7-23(14-25(22)20-43)36-34(33-29(39)16-27(38)17-31(33)45-21(2)3)37-28(10-13-46-37)35(41-36)24-15-26-19-42(4)11-9-30(26)40-18-24/h5-7,10,13-18,21H,1,8-9,11-12,19-20H2,2-4H3. The number of aromatic nitrogens is 2. The smallest absolute Gasteiger partial charge is 0.246 e. The summed E-state index contributed by atoms with van der Waals surface area (Å²) in [6, 6.07) is 12.4. The van der Waals surface area contributed by atoms with Crippen LogP contribution in [0.5, 0.6) is 5.75 Å². The van der Waals surface area contributed by atoms with Gasteiger partial charge in [0, 0.05) is 83.4 Å². The highest BCUT2D eigenvalue weighted by Gasteiger charge is 2.27. The molecule has 46 heavy (non-hydrogen) atoms. The maximum absolute atomic E-state index is 16.1. The number of likely N-dealkylation sites (N-methyl/N-ethyl adjacent to an activating group) is 1. The van der Waals surface area contributed by atoms with Crippen LogP contribution in [-0.4, -0.2) is 51.9 Å². The Bertz CT molecular complexity index is 2020. The summed E-state index contributed by atoms with van der Waals surface area (Å²) in [5.74, 6) is -1.43. The second kappa shape index (κ2) is 12.0. The molecule has 0 saturated heterocycles. The van der Waals surface area contributed by atoms with E-state index < -0.39 is 11.6 Å². The first-order chi connectivity index (χ1) is 22.2. The molecule has 2 aliphatic rings. The van der Waals surface area contributed by atoms with Gasteiger partial charge >= 0.3 is 0 Å². The van der Waals surface area contributed by atoms with Crippen molar-refractivity contribution in [3.63, 3.8) is 0 Å². The molecule has 5 heterocycles. The van der Waals surface area contributed by atoms with E-state index in [2.05, 4.69) is 30.7 Å². The quantitative estimate of drug-likeness (QED) is 0.178. The van der Waals surface area contributed by atoms with Crippen LogP contribution in [-0.2, 0) is 30.7 Å². The van der Waals surface area contributed by atoms with Crippen molar-refractivity contribution in [3.05, 3.63) is 101 Å². The summed E-state index contributed by atoms with van der Waals surface area (Å²) in [6.45, 7) is 10.1. The van der Waals surface area contributed by atoms with Gasteiger partial charge in [-0.2, -0.15) is 0 Å². The Kier molecular flexibility index (Phi) is 7.90. The third-order valence-electron chi connectivity index (χ3n) is 8.72. The van der Waals surface area contributed by atoms with E-state index in [9.17, 15) is 9.18 Å². The van der Waals surface area contributed by atoms with Crippen LogP contribution in [0.2, 0.25) is 0 Å². The second-order valence-corrected chi connectivity index (χ2v) is 13.2. The Balaban J connectivity index is 1.50. The molecule has 0 aliphatic carbocycles. The molecule has 0 saturated carbocycles. The fourth-order valence-electron chi connectivity index (χ4n) is 6.54. The molecule has 234 valence electrons. The Hall–Kier alpha value is -4.47. The zero-order chi connectivity index (χ0) is 32.1. The van der Waals surface area contributed by atoms with Gasteiger partial charge in [0.05, 0.1) is 23.1 Å². The summed E-state index contributed by atoms with van der Waals surface area (Å²) < 4.78 is 37.6. The normalized spacial score (nSPS) is 14.8. The van der Waals surface area contributed by atoms with Gasteiger partial charge in [0.25, 0.3) is 0 Å². The topological polar surface area (TPSA) is 58.6 Å². The lowest BCUT2D eigenvalue weighted by atomic mass is 9.91. The number of carbonyl (C=O) groups is 1. The van der Waals surface area contributed by atoms with Crippen molar-refractivity contribution < 1.29 is 18.3 Å². The zero-order valence-electron chi connectivity index (χ0n) is 26.1. The molecule has 2 aromatic carbocycles. The zero-order valence-corrected chi connectivity index (χ0v) is 26.9. The van der Waals surface area contributed by atoms with Crippen molar-refractivity contribution >= 4 is 27.3 Å². The number of fused-ring (bicyclic) bond motifs is 3. The van der Waals surface area contributed by atoms with E-state index in [4.69, 9.17) is 14.7 Å². The van der Waals surface area contributed by atoms with Crippen LogP contribution in [0.1, 0.15) is 36.2 Å². The Morgan fingerprint density at radius 2 is 1.80 bits per heavy atom. The number of thiophene rings is 1. The number of hydrogen-bond acceptors (Lipinski definition) is 6. The summed E-state index contributed by atoms with van der Waals surface area (Å²) in [6.07, 6.45) is 4.51. The van der Waals surface area contributed by atoms with Crippen LogP contribution in [0, 0.1) is 11.6 Å². The van der Waals surface area contributed by atoms with E-state index in [1.54, 1.807) is 4.90 Å². The number of rotatable bonds is 6. The molecular formula is C37H34F2N4O2S. The van der Waals surface area contributed by atoms with Gasteiger partial charge in [-0.3, -0.25) is 9.78 Å². The van der Waals surface area contributed by atoms with Crippen molar-refractivity contribution in [1.29, 1.82) is 0 Å². The molecule has 0 radical (unpaired) electrons. The van der Waals surface area contributed by atoms with Crippen LogP contribution >= 0.6 is 11.3 Å². The third kappa shape index (κ3) is 5.48. The van der Waals surface area contributed by atoms with Gasteiger partial charge in [-0.1, -0.05) is 18.7 Å². The number of hydrogen-bond donors (Lipinski definition) is 0. The van der Waals surface area contributed by atoms with Crippen molar-refractivity contribution in [2.75, 3.05) is 20.1 Å². The second-order valence-electron chi connectivity index (χ2n) is 12.3. The number of benzene rings is 2. The highest BCUT2D eigenvalue weighted by atomic mass is 32.1. The van der Waals surface area contributed by atoms with Crippen LogP contribution in [0.4, 0.5) is 8.78 Å². The number of amides is 1. The average molecular weight is 637 g/mol. The van der Waals surface area contributed by atoms with Gasteiger partial charge < -0.3 is 14.5 Å². The fraction of sp³-hybridized carbons (Fsp3) is 0.270. The molecule has 2 aliphatic heterocycles. The Morgan fingerprint density at radius 3 is 2.61 bits per heavy atom. The molecule has 3 aromatic heterocycles. The van der Waals surface area contributed by atoms with Crippen LogP contribution in [0.3, 0.4) is 0 Å². The molecule has 9 heteroatoms. The van der Waals surface area contributed by atoms with Gasteiger partial charge in [0.1, 0.15) is 17.4 Å². The molecule has 0 N–H and O–H groups in total. The first kappa shape index (κ1) is 30.2. The highest BCUT2D eigenvalue weighted by molar-refractivity contribution is 7.18. The number of carbonyl (C=O) groups excluding carboxylic acids is 1. The molecule has 7 rings (SSSR count). The van der Waals surface area contributed by atoms with E-state index in [1.807, 2.05) is 43.6 Å². The molecule has 0 atom stereocenters. The number of halogens is 2. The summed E-state index contributed by atoms with van der Waals surface area (Å²) in [5, 5.41) is 2.83. The van der Waals surface area contributed by atoms with Crippen LogP contribution in [0.25, 0.3) is 43.7 Å². The van der Waals surface area contributed by atoms with E-state index >= 15 is 4.39 Å². The van der Waals surface area contributed by atoms with Crippen molar-refractivity contribution in [1.82, 2.24) is 19.8 Å². The SMILES string of the molecule is C=CC(=O)N1CCc2ccc(-c3nc(-c4cnc5c(c4)CN(C)CC5)c4ccsc4c3-c3c(F)cc(F)cc3OC(C)C)cc2C1. The molecule has 6 nitrogen and oxygen atoms in total. The summed E-state index contributed by atoms with van der Waals surface area (Å²) in [5.41, 5.74) is 8.06. The Labute approximate surface area is 271 Å². The summed E-state index contributed by atoms with van der Waals surface area (Å²) in [4.78, 5) is 26.7. The highest BCUT2D eigenvalue weighted by Crippen LogP contribution is 2.47. The first-order valence-electron chi connectivity index (χ1n) is 15.5. The Morgan fingerprint density at radius 1 is 0.978 bits per heavy atom. The van der Waals surface area contributed by atoms with Gasteiger partial charge in [-0.15, -0.1) is 11.3 Å². The number of pyridine rings is 2. The third-order valence-corrected chi connectivity index (χ3v) is 9.65. The molecular weight excluding hydrogens is 602 g/mol. The first-order valence-corrected chi connectivity index (χ1v) is 16.4. The largest absolute Gasteiger partial charge is 0.490 e. The van der Waals surface area contributed by atoms with E-state index in [-0.39, 0.29) is 23.3 Å². The minimum atomic E-state index is -0.722. The van der Waals surface area contributed by atoms with E-state index in [1.165, 1.54) is 29.0 Å². The monoisotopic (exact) mass is 636 g/mol. The molecule has 1 amide bonds. The molecule has 0 fully saturated rings. The lowest BCUT2D eigenvalue weighted by molar-refractivity contribution is -0.126. The van der Waals surface area contributed by atoms with Crippen molar-refractivity contribution in [3.8, 4) is 39.4 Å². The molecule has 5 aromatic rings.